The summed E-state index contributed by atoms with van der Waals surface area (Å²) >= 11 is 4.76. The zero-order chi connectivity index (χ0) is 4.41. The van der Waals surface area contributed by atoms with Gasteiger partial charge in [0.2, 0.25) is 0 Å². The van der Waals surface area contributed by atoms with Gasteiger partial charge in [-0.15, -0.1) is 0 Å². The Morgan fingerprint density at radius 3 is 2.50 bits per heavy atom. The molecule has 0 aromatic rings. The van der Waals surface area contributed by atoms with E-state index in [0.717, 1.165) is 5.75 Å². The van der Waals surface area contributed by atoms with Crippen LogP contribution < -0.4 is 0 Å². The first-order valence-corrected chi connectivity index (χ1v) is 2.77. The predicted octanol–water partition coefficient (Wildman–Crippen LogP) is 1.90. The van der Waals surface area contributed by atoms with Crippen molar-refractivity contribution >= 4 is 12.6 Å². The SMILES string of the molecule is [S]CC1=CCC1. The highest BCUT2D eigenvalue weighted by Crippen LogP contribution is 2.17. The minimum Gasteiger partial charge on any atom is -0.0894 e. The van der Waals surface area contributed by atoms with Gasteiger partial charge in [-0.3, -0.25) is 0 Å². The molecule has 0 saturated carbocycles. The van der Waals surface area contributed by atoms with E-state index in [0.29, 0.717) is 0 Å². The Labute approximate surface area is 43.7 Å². The van der Waals surface area contributed by atoms with Crippen LogP contribution in [0, 0.1) is 0 Å². The molecule has 0 heterocycles. The molecule has 1 aliphatic rings. The molecular formula is C5H7S. The quantitative estimate of drug-likeness (QED) is 0.440. The van der Waals surface area contributed by atoms with Gasteiger partial charge in [0, 0.05) is 5.75 Å². The molecule has 1 rings (SSSR count). The van der Waals surface area contributed by atoms with Crippen molar-refractivity contribution in [2.45, 2.75) is 12.8 Å². The van der Waals surface area contributed by atoms with Crippen LogP contribution in [0.2, 0.25) is 0 Å². The molecule has 0 amide bonds. The minimum atomic E-state index is 0.861. The first-order chi connectivity index (χ1) is 2.93. The van der Waals surface area contributed by atoms with Gasteiger partial charge in [-0.1, -0.05) is 24.3 Å². The highest BCUT2D eigenvalue weighted by Gasteiger charge is 2.00. The van der Waals surface area contributed by atoms with Gasteiger partial charge in [0.05, 0.1) is 0 Å². The third kappa shape index (κ3) is 0.597. The first kappa shape index (κ1) is 4.25. The van der Waals surface area contributed by atoms with E-state index in [1.54, 1.807) is 0 Å². The monoisotopic (exact) mass is 99.0 g/mol. The van der Waals surface area contributed by atoms with E-state index in [-0.39, 0.29) is 0 Å². The molecule has 0 aromatic heterocycles. The lowest BCUT2D eigenvalue weighted by atomic mass is 10.0. The van der Waals surface area contributed by atoms with Gasteiger partial charge in [0.1, 0.15) is 0 Å². The van der Waals surface area contributed by atoms with Gasteiger partial charge in [0.15, 0.2) is 0 Å². The van der Waals surface area contributed by atoms with Crippen molar-refractivity contribution in [2.75, 3.05) is 5.75 Å². The number of allylic oxidation sites excluding steroid dienone is 1. The van der Waals surface area contributed by atoms with Gasteiger partial charge < -0.3 is 0 Å². The molecular weight excluding hydrogens is 92.1 g/mol. The van der Waals surface area contributed by atoms with E-state index >= 15 is 0 Å². The molecule has 1 radical (unpaired) electrons. The molecule has 0 aromatic carbocycles. The molecule has 0 spiro atoms. The topological polar surface area (TPSA) is 0 Å². The van der Waals surface area contributed by atoms with Crippen molar-refractivity contribution in [3.8, 4) is 0 Å². The average molecular weight is 99.2 g/mol. The molecule has 6 heavy (non-hydrogen) atoms. The fourth-order valence-electron chi connectivity index (χ4n) is 0.480. The standard InChI is InChI=1S/C5H7S/c6-4-5-2-1-3-5/h2H,1,3-4H2. The van der Waals surface area contributed by atoms with Crippen molar-refractivity contribution in [2.24, 2.45) is 0 Å². The maximum Gasteiger partial charge on any atom is 0.0247 e. The van der Waals surface area contributed by atoms with Crippen LogP contribution in [0.3, 0.4) is 0 Å². The highest BCUT2D eigenvalue weighted by atomic mass is 32.1. The second-order valence-corrected chi connectivity index (χ2v) is 1.83. The molecule has 33 valence electrons. The molecule has 1 heteroatoms. The van der Waals surface area contributed by atoms with Crippen LogP contribution in [-0.4, -0.2) is 5.75 Å². The van der Waals surface area contributed by atoms with E-state index in [9.17, 15) is 0 Å². The summed E-state index contributed by atoms with van der Waals surface area (Å²) in [7, 11) is 0. The third-order valence-corrected chi connectivity index (χ3v) is 1.45. The zero-order valence-corrected chi connectivity index (χ0v) is 4.42. The molecule has 0 fully saturated rings. The second kappa shape index (κ2) is 1.69. The van der Waals surface area contributed by atoms with Gasteiger partial charge in [-0.2, -0.15) is 0 Å². The summed E-state index contributed by atoms with van der Waals surface area (Å²) in [5, 5.41) is 0. The number of hydrogen-bond donors (Lipinski definition) is 0. The molecule has 0 bridgehead atoms. The molecule has 0 atom stereocenters. The van der Waals surface area contributed by atoms with Crippen LogP contribution in [0.25, 0.3) is 0 Å². The summed E-state index contributed by atoms with van der Waals surface area (Å²) in [5.74, 6) is 0.861. The fraction of sp³-hybridized carbons (Fsp3) is 0.600. The van der Waals surface area contributed by atoms with Crippen LogP contribution in [0.5, 0.6) is 0 Å². The lowest BCUT2D eigenvalue weighted by molar-refractivity contribution is 0.881. The molecule has 0 nitrogen and oxygen atoms in total. The van der Waals surface area contributed by atoms with Crippen LogP contribution in [0.4, 0.5) is 0 Å². The van der Waals surface area contributed by atoms with Crippen LogP contribution in [0.15, 0.2) is 11.6 Å². The summed E-state index contributed by atoms with van der Waals surface area (Å²) in [6.07, 6.45) is 4.75. The summed E-state index contributed by atoms with van der Waals surface area (Å²) < 4.78 is 0. The smallest absolute Gasteiger partial charge is 0.0247 e. The van der Waals surface area contributed by atoms with Gasteiger partial charge >= 0.3 is 0 Å². The average Bonchev–Trinajstić information content (AvgIpc) is 1.31. The molecule has 0 N–H and O–H groups in total. The van der Waals surface area contributed by atoms with E-state index < -0.39 is 0 Å². The summed E-state index contributed by atoms with van der Waals surface area (Å²) in [6, 6.07) is 0. The van der Waals surface area contributed by atoms with Crippen LogP contribution >= 0.6 is 12.6 Å². The Bertz CT molecular complexity index is 74.0. The fourth-order valence-corrected chi connectivity index (χ4v) is 0.742. The Balaban J connectivity index is 2.32. The Morgan fingerprint density at radius 2 is 2.50 bits per heavy atom. The van der Waals surface area contributed by atoms with Crippen molar-refractivity contribution in [1.29, 1.82) is 0 Å². The van der Waals surface area contributed by atoms with E-state index in [4.69, 9.17) is 12.6 Å². The Hall–Kier alpha value is 0.0900. The van der Waals surface area contributed by atoms with Gasteiger partial charge in [0.25, 0.3) is 0 Å². The third-order valence-electron chi connectivity index (χ3n) is 1.08. The van der Waals surface area contributed by atoms with Crippen LogP contribution in [0.1, 0.15) is 12.8 Å². The van der Waals surface area contributed by atoms with Gasteiger partial charge in [-0.05, 0) is 12.8 Å². The van der Waals surface area contributed by atoms with E-state index in [1.165, 1.54) is 18.4 Å². The summed E-state index contributed by atoms with van der Waals surface area (Å²) in [4.78, 5) is 0. The minimum absolute atomic E-state index is 0.861. The largest absolute Gasteiger partial charge is 0.0894 e. The van der Waals surface area contributed by atoms with Crippen molar-refractivity contribution in [1.82, 2.24) is 0 Å². The Kier molecular flexibility index (Phi) is 1.20. The normalized spacial score (nSPS) is 19.2. The number of rotatable bonds is 1. The van der Waals surface area contributed by atoms with Crippen molar-refractivity contribution in [3.63, 3.8) is 0 Å². The highest BCUT2D eigenvalue weighted by molar-refractivity contribution is 7.80. The van der Waals surface area contributed by atoms with Crippen molar-refractivity contribution in [3.05, 3.63) is 11.6 Å². The molecule has 1 aliphatic carbocycles. The first-order valence-electron chi connectivity index (χ1n) is 2.19. The predicted molar refractivity (Wildman–Crippen MR) is 29.8 cm³/mol. The maximum absolute atomic E-state index is 4.76. The lowest BCUT2D eigenvalue weighted by Crippen LogP contribution is -1.93. The summed E-state index contributed by atoms with van der Waals surface area (Å²) in [6.45, 7) is 0. The molecule has 0 saturated heterocycles. The van der Waals surface area contributed by atoms with E-state index in [2.05, 4.69) is 6.08 Å². The van der Waals surface area contributed by atoms with Crippen molar-refractivity contribution < 1.29 is 0 Å². The van der Waals surface area contributed by atoms with Gasteiger partial charge in [-0.25, -0.2) is 0 Å². The lowest BCUT2D eigenvalue weighted by Gasteiger charge is -2.08. The number of hydrogen-bond acceptors (Lipinski definition) is 0. The van der Waals surface area contributed by atoms with Crippen LogP contribution in [-0.2, 0) is 0 Å². The Morgan fingerprint density at radius 1 is 1.83 bits per heavy atom. The molecule has 0 unspecified atom stereocenters. The summed E-state index contributed by atoms with van der Waals surface area (Å²) in [5.41, 5.74) is 1.46. The second-order valence-electron chi connectivity index (χ2n) is 1.55. The maximum atomic E-state index is 4.76. The zero-order valence-electron chi connectivity index (χ0n) is 3.61. The van der Waals surface area contributed by atoms with E-state index in [1.807, 2.05) is 0 Å². The molecule has 0 aliphatic heterocycles.